The molecule has 0 amide bonds. The Bertz CT molecular complexity index is 441. The van der Waals surface area contributed by atoms with E-state index in [-0.39, 0.29) is 12.3 Å². The van der Waals surface area contributed by atoms with Crippen molar-refractivity contribution in [2.45, 2.75) is 0 Å². The van der Waals surface area contributed by atoms with Crippen LogP contribution in [-0.4, -0.2) is 11.7 Å². The molecule has 0 unspecified atom stereocenters. The highest BCUT2D eigenvalue weighted by molar-refractivity contribution is 6.31. The van der Waals surface area contributed by atoms with Gasteiger partial charge in [-0.05, 0) is 23.7 Å². The molecule has 0 saturated carbocycles. The Morgan fingerprint density at radius 3 is 3.00 bits per heavy atom. The molecule has 70 valence electrons. The molecule has 0 aliphatic heterocycles. The van der Waals surface area contributed by atoms with Gasteiger partial charge in [-0.3, -0.25) is 0 Å². The van der Waals surface area contributed by atoms with E-state index in [0.717, 1.165) is 0 Å². The fraction of sp³-hybridized carbons (Fsp3) is 0.111. The molecule has 0 fully saturated rings. The quantitative estimate of drug-likeness (QED) is 0.327. The Labute approximate surface area is 85.8 Å². The first kappa shape index (κ1) is 10.3. The van der Waals surface area contributed by atoms with Crippen LogP contribution in [0.1, 0.15) is 5.56 Å². The molecule has 0 saturated heterocycles. The number of hydrogen-bond acceptors (Lipinski definition) is 2. The van der Waals surface area contributed by atoms with Crippen LogP contribution in [0.2, 0.25) is 5.02 Å². The Hall–Kier alpha value is -1.82. The fourth-order valence-electron chi connectivity index (χ4n) is 0.807. The van der Waals surface area contributed by atoms with Gasteiger partial charge < -0.3 is 5.11 Å². The van der Waals surface area contributed by atoms with E-state index in [2.05, 4.69) is 21.9 Å². The minimum absolute atomic E-state index is 0.0931. The van der Waals surface area contributed by atoms with Crippen molar-refractivity contribution < 1.29 is 5.11 Å². The minimum atomic E-state index is 0.0931. The highest BCUT2D eigenvalue weighted by atomic mass is 35.5. The summed E-state index contributed by atoms with van der Waals surface area (Å²) in [7, 11) is 0. The Morgan fingerprint density at radius 2 is 2.36 bits per heavy atom. The van der Waals surface area contributed by atoms with Crippen molar-refractivity contribution in [3.63, 3.8) is 0 Å². The third-order valence-corrected chi connectivity index (χ3v) is 1.70. The van der Waals surface area contributed by atoms with Crippen LogP contribution in [0.3, 0.4) is 0 Å². The lowest BCUT2D eigenvalue weighted by Gasteiger charge is -1.95. The molecule has 4 nitrogen and oxygen atoms in total. The van der Waals surface area contributed by atoms with E-state index in [1.807, 2.05) is 0 Å². The third-order valence-electron chi connectivity index (χ3n) is 1.39. The van der Waals surface area contributed by atoms with Crippen LogP contribution in [0.25, 0.3) is 10.4 Å². The summed E-state index contributed by atoms with van der Waals surface area (Å²) in [6.45, 7) is 0.105. The molecule has 1 rings (SSSR count). The molecule has 5 heteroatoms. The second kappa shape index (κ2) is 5.03. The van der Waals surface area contributed by atoms with Crippen molar-refractivity contribution in [1.82, 2.24) is 0 Å². The van der Waals surface area contributed by atoms with Crippen LogP contribution >= 0.6 is 11.6 Å². The highest BCUT2D eigenvalue weighted by Crippen LogP contribution is 2.20. The lowest BCUT2D eigenvalue weighted by atomic mass is 10.2. The number of benzene rings is 1. The molecule has 1 aromatic rings. The molecule has 0 aromatic heterocycles. The van der Waals surface area contributed by atoms with Gasteiger partial charge in [0.05, 0.1) is 11.6 Å². The Balaban J connectivity index is 2.84. The molecule has 14 heavy (non-hydrogen) atoms. The van der Waals surface area contributed by atoms with Gasteiger partial charge in [0.2, 0.25) is 0 Å². The van der Waals surface area contributed by atoms with Crippen LogP contribution in [-0.2, 0) is 0 Å². The predicted molar refractivity (Wildman–Crippen MR) is 54.0 cm³/mol. The topological polar surface area (TPSA) is 69.0 Å². The molecule has 0 heterocycles. The van der Waals surface area contributed by atoms with Gasteiger partial charge in [0.1, 0.15) is 5.75 Å². The van der Waals surface area contributed by atoms with E-state index in [1.165, 1.54) is 12.1 Å². The summed E-state index contributed by atoms with van der Waals surface area (Å²) < 4.78 is 0. The largest absolute Gasteiger partial charge is 0.508 e. The number of phenolic OH excluding ortho intramolecular Hbond substituents is 1. The first-order valence-corrected chi connectivity index (χ1v) is 4.10. The van der Waals surface area contributed by atoms with Gasteiger partial charge in [0.15, 0.2) is 0 Å². The molecular formula is C9H6ClN3O. The lowest BCUT2D eigenvalue weighted by Crippen LogP contribution is -1.77. The van der Waals surface area contributed by atoms with Crippen molar-refractivity contribution in [2.75, 3.05) is 6.54 Å². The minimum Gasteiger partial charge on any atom is -0.508 e. The van der Waals surface area contributed by atoms with Crippen molar-refractivity contribution in [2.24, 2.45) is 5.11 Å². The van der Waals surface area contributed by atoms with E-state index in [0.29, 0.717) is 10.6 Å². The molecule has 0 radical (unpaired) electrons. The fourth-order valence-corrected chi connectivity index (χ4v) is 1.03. The molecule has 1 N–H and O–H groups in total. The second-order valence-corrected chi connectivity index (χ2v) is 2.76. The van der Waals surface area contributed by atoms with Gasteiger partial charge >= 0.3 is 0 Å². The Morgan fingerprint density at radius 1 is 1.57 bits per heavy atom. The Kier molecular flexibility index (Phi) is 3.69. The predicted octanol–water partition coefficient (Wildman–Crippen LogP) is 2.71. The van der Waals surface area contributed by atoms with Crippen molar-refractivity contribution >= 4 is 11.6 Å². The molecule has 0 aliphatic rings. The van der Waals surface area contributed by atoms with Gasteiger partial charge in [-0.2, -0.15) is 0 Å². The van der Waals surface area contributed by atoms with E-state index in [9.17, 15) is 0 Å². The van der Waals surface area contributed by atoms with E-state index in [4.69, 9.17) is 22.2 Å². The van der Waals surface area contributed by atoms with E-state index >= 15 is 0 Å². The van der Waals surface area contributed by atoms with Crippen LogP contribution in [0.15, 0.2) is 23.3 Å². The number of aromatic hydroxyl groups is 1. The van der Waals surface area contributed by atoms with Crippen LogP contribution in [0, 0.1) is 11.8 Å². The van der Waals surface area contributed by atoms with Gasteiger partial charge in [0, 0.05) is 10.5 Å². The monoisotopic (exact) mass is 207 g/mol. The molecule has 0 atom stereocenters. The summed E-state index contributed by atoms with van der Waals surface area (Å²) in [5, 5.41) is 12.7. The second-order valence-electron chi connectivity index (χ2n) is 2.35. The highest BCUT2D eigenvalue weighted by Gasteiger charge is 1.96. The maximum Gasteiger partial charge on any atom is 0.117 e. The first-order chi connectivity index (χ1) is 6.74. The molecule has 0 bridgehead atoms. The van der Waals surface area contributed by atoms with Crippen molar-refractivity contribution in [3.8, 4) is 17.6 Å². The smallest absolute Gasteiger partial charge is 0.117 e. The summed E-state index contributed by atoms with van der Waals surface area (Å²) in [5.41, 5.74) is 8.58. The molecule has 1 aromatic carbocycles. The van der Waals surface area contributed by atoms with E-state index < -0.39 is 0 Å². The summed E-state index contributed by atoms with van der Waals surface area (Å²) >= 11 is 5.78. The number of phenols is 1. The third kappa shape index (κ3) is 2.91. The zero-order valence-electron chi connectivity index (χ0n) is 7.11. The SMILES string of the molecule is [N-]=[N+]=NCC#Cc1ccc(O)cc1Cl. The van der Waals surface area contributed by atoms with E-state index in [1.54, 1.807) is 6.07 Å². The summed E-state index contributed by atoms with van der Waals surface area (Å²) in [6, 6.07) is 4.49. The number of halogens is 1. The van der Waals surface area contributed by atoms with Gasteiger partial charge in [-0.1, -0.05) is 28.6 Å². The number of azide groups is 1. The molecular weight excluding hydrogens is 202 g/mol. The van der Waals surface area contributed by atoms with Crippen molar-refractivity contribution in [1.29, 1.82) is 0 Å². The van der Waals surface area contributed by atoms with Gasteiger partial charge in [-0.25, -0.2) is 0 Å². The maximum atomic E-state index is 9.05. The van der Waals surface area contributed by atoms with Gasteiger partial charge in [0.25, 0.3) is 0 Å². The van der Waals surface area contributed by atoms with Crippen LogP contribution < -0.4 is 0 Å². The zero-order valence-corrected chi connectivity index (χ0v) is 7.86. The summed E-state index contributed by atoms with van der Waals surface area (Å²) in [5.74, 6) is 5.44. The molecule has 0 spiro atoms. The average molecular weight is 208 g/mol. The maximum absolute atomic E-state index is 9.05. The normalized spacial score (nSPS) is 8.36. The summed E-state index contributed by atoms with van der Waals surface area (Å²) in [4.78, 5) is 2.55. The lowest BCUT2D eigenvalue weighted by molar-refractivity contribution is 0.475. The number of hydrogen-bond donors (Lipinski definition) is 1. The van der Waals surface area contributed by atoms with Crippen LogP contribution in [0.5, 0.6) is 5.75 Å². The summed E-state index contributed by atoms with van der Waals surface area (Å²) in [6.07, 6.45) is 0. The molecule has 0 aliphatic carbocycles. The standard InChI is InChI=1S/C9H6ClN3O/c10-9-6-8(14)4-3-7(9)2-1-5-12-13-11/h3-4,6,14H,5H2. The number of rotatable bonds is 1. The number of nitrogens with zero attached hydrogens (tertiary/aromatic N) is 3. The van der Waals surface area contributed by atoms with Gasteiger partial charge in [-0.15, -0.1) is 0 Å². The zero-order chi connectivity index (χ0) is 10.4. The average Bonchev–Trinajstić information content (AvgIpc) is 2.15. The van der Waals surface area contributed by atoms with Crippen LogP contribution in [0.4, 0.5) is 0 Å². The first-order valence-electron chi connectivity index (χ1n) is 3.72. The van der Waals surface area contributed by atoms with Crippen molar-refractivity contribution in [3.05, 3.63) is 39.2 Å².